The van der Waals surface area contributed by atoms with Crippen LogP contribution in [0, 0.1) is 13.8 Å². The Morgan fingerprint density at radius 3 is 2.50 bits per heavy atom. The zero-order valence-electron chi connectivity index (χ0n) is 10.4. The second-order valence-corrected chi connectivity index (χ2v) is 3.85. The highest BCUT2D eigenvalue weighted by molar-refractivity contribution is 5.42. The molecule has 90 valence electrons. The summed E-state index contributed by atoms with van der Waals surface area (Å²) in [4.78, 5) is 0. The van der Waals surface area contributed by atoms with E-state index in [1.54, 1.807) is 7.11 Å². The van der Waals surface area contributed by atoms with Gasteiger partial charge in [0.2, 0.25) is 0 Å². The van der Waals surface area contributed by atoms with E-state index < -0.39 is 6.10 Å². The molecule has 0 aromatic heterocycles. The van der Waals surface area contributed by atoms with Gasteiger partial charge in [0.05, 0.1) is 13.7 Å². The summed E-state index contributed by atoms with van der Waals surface area (Å²) in [7, 11) is 1.65. The van der Waals surface area contributed by atoms with Gasteiger partial charge in [0.1, 0.15) is 11.9 Å². The lowest BCUT2D eigenvalue weighted by Gasteiger charge is -2.16. The van der Waals surface area contributed by atoms with Gasteiger partial charge in [-0.25, -0.2) is 0 Å². The molecule has 16 heavy (non-hydrogen) atoms. The molecule has 0 aliphatic heterocycles. The van der Waals surface area contributed by atoms with Crippen LogP contribution in [0.3, 0.4) is 0 Å². The lowest BCUT2D eigenvalue weighted by molar-refractivity contribution is 0.0416. The van der Waals surface area contributed by atoms with Gasteiger partial charge in [-0.1, -0.05) is 0 Å². The summed E-state index contributed by atoms with van der Waals surface area (Å²) >= 11 is 0. The zero-order chi connectivity index (χ0) is 12.1. The molecule has 0 amide bonds. The maximum atomic E-state index is 9.95. The molecule has 3 nitrogen and oxygen atoms in total. The van der Waals surface area contributed by atoms with Crippen LogP contribution in [-0.2, 0) is 4.74 Å². The van der Waals surface area contributed by atoms with Crippen molar-refractivity contribution in [2.24, 2.45) is 0 Å². The van der Waals surface area contributed by atoms with Gasteiger partial charge < -0.3 is 14.6 Å². The molecule has 0 radical (unpaired) electrons. The van der Waals surface area contributed by atoms with E-state index in [1.807, 2.05) is 32.9 Å². The van der Waals surface area contributed by atoms with E-state index in [2.05, 4.69) is 0 Å². The molecule has 1 N–H and O–H groups in total. The SMILES string of the molecule is CCOCC(O)c1cc(C)c(OC)cc1C. The van der Waals surface area contributed by atoms with Gasteiger partial charge in [0.15, 0.2) is 0 Å². The van der Waals surface area contributed by atoms with E-state index in [0.29, 0.717) is 13.2 Å². The molecule has 0 fully saturated rings. The summed E-state index contributed by atoms with van der Waals surface area (Å²) < 4.78 is 10.4. The fraction of sp³-hybridized carbons (Fsp3) is 0.538. The average molecular weight is 224 g/mol. The minimum absolute atomic E-state index is 0.336. The smallest absolute Gasteiger partial charge is 0.122 e. The largest absolute Gasteiger partial charge is 0.496 e. The van der Waals surface area contributed by atoms with Crippen molar-refractivity contribution >= 4 is 0 Å². The van der Waals surface area contributed by atoms with Crippen LogP contribution in [0.1, 0.15) is 29.7 Å². The van der Waals surface area contributed by atoms with Crippen LogP contribution in [0.5, 0.6) is 5.75 Å². The Balaban J connectivity index is 2.92. The molecule has 0 aliphatic rings. The first-order valence-corrected chi connectivity index (χ1v) is 5.51. The van der Waals surface area contributed by atoms with Crippen molar-refractivity contribution in [2.75, 3.05) is 20.3 Å². The topological polar surface area (TPSA) is 38.7 Å². The molecule has 0 bridgehead atoms. The summed E-state index contributed by atoms with van der Waals surface area (Å²) in [6.45, 7) is 6.80. The van der Waals surface area contributed by atoms with Crippen molar-refractivity contribution in [3.63, 3.8) is 0 Å². The van der Waals surface area contributed by atoms with E-state index >= 15 is 0 Å². The first kappa shape index (κ1) is 13.0. The van der Waals surface area contributed by atoms with Gasteiger partial charge in [-0.3, -0.25) is 0 Å². The Kier molecular flexibility index (Phi) is 4.77. The second-order valence-electron chi connectivity index (χ2n) is 3.85. The first-order valence-electron chi connectivity index (χ1n) is 5.51. The van der Waals surface area contributed by atoms with Crippen molar-refractivity contribution < 1.29 is 14.6 Å². The Morgan fingerprint density at radius 2 is 1.94 bits per heavy atom. The molecule has 0 spiro atoms. The predicted octanol–water partition coefficient (Wildman–Crippen LogP) is 2.38. The quantitative estimate of drug-likeness (QED) is 0.834. The third kappa shape index (κ3) is 2.97. The minimum atomic E-state index is -0.565. The van der Waals surface area contributed by atoms with Gasteiger partial charge in [-0.15, -0.1) is 0 Å². The second kappa shape index (κ2) is 5.87. The van der Waals surface area contributed by atoms with Gasteiger partial charge >= 0.3 is 0 Å². The highest BCUT2D eigenvalue weighted by Crippen LogP contribution is 2.26. The number of rotatable bonds is 5. The number of aliphatic hydroxyl groups excluding tert-OH is 1. The van der Waals surface area contributed by atoms with E-state index in [-0.39, 0.29) is 0 Å². The summed E-state index contributed by atoms with van der Waals surface area (Å²) in [5, 5.41) is 9.95. The van der Waals surface area contributed by atoms with Crippen molar-refractivity contribution in [3.8, 4) is 5.75 Å². The lowest BCUT2D eigenvalue weighted by Crippen LogP contribution is -2.09. The van der Waals surface area contributed by atoms with E-state index in [1.165, 1.54) is 0 Å². The minimum Gasteiger partial charge on any atom is -0.496 e. The molecular formula is C13H20O3. The molecule has 0 saturated carbocycles. The molecule has 1 atom stereocenters. The van der Waals surface area contributed by atoms with Crippen molar-refractivity contribution in [1.29, 1.82) is 0 Å². The molecule has 0 aliphatic carbocycles. The van der Waals surface area contributed by atoms with Gasteiger partial charge in [-0.2, -0.15) is 0 Å². The van der Waals surface area contributed by atoms with E-state index in [9.17, 15) is 5.11 Å². The molecular weight excluding hydrogens is 204 g/mol. The van der Waals surface area contributed by atoms with Crippen LogP contribution in [0.2, 0.25) is 0 Å². The fourth-order valence-corrected chi connectivity index (χ4v) is 1.71. The Labute approximate surface area is 97.0 Å². The number of hydrogen-bond donors (Lipinski definition) is 1. The molecule has 1 aromatic carbocycles. The van der Waals surface area contributed by atoms with E-state index in [0.717, 1.165) is 22.4 Å². The number of ether oxygens (including phenoxy) is 2. The molecule has 0 saturated heterocycles. The first-order chi connectivity index (χ1) is 7.60. The zero-order valence-corrected chi connectivity index (χ0v) is 10.4. The number of hydrogen-bond acceptors (Lipinski definition) is 3. The molecule has 1 aromatic rings. The predicted molar refractivity (Wildman–Crippen MR) is 63.9 cm³/mol. The number of aryl methyl sites for hydroxylation is 2. The van der Waals surface area contributed by atoms with Crippen LogP contribution >= 0.6 is 0 Å². The number of aliphatic hydroxyl groups is 1. The Bertz CT molecular complexity index is 347. The van der Waals surface area contributed by atoms with Crippen LogP contribution in [-0.4, -0.2) is 25.4 Å². The van der Waals surface area contributed by atoms with Crippen molar-refractivity contribution in [2.45, 2.75) is 26.9 Å². The van der Waals surface area contributed by atoms with Gasteiger partial charge in [0.25, 0.3) is 0 Å². The summed E-state index contributed by atoms with van der Waals surface area (Å²) in [5.41, 5.74) is 2.96. The highest BCUT2D eigenvalue weighted by atomic mass is 16.5. The summed E-state index contributed by atoms with van der Waals surface area (Å²) in [6.07, 6.45) is -0.565. The fourth-order valence-electron chi connectivity index (χ4n) is 1.71. The van der Waals surface area contributed by atoms with Crippen molar-refractivity contribution in [3.05, 3.63) is 28.8 Å². The summed E-state index contributed by atoms with van der Waals surface area (Å²) in [5.74, 6) is 0.852. The highest BCUT2D eigenvalue weighted by Gasteiger charge is 2.12. The molecule has 0 heterocycles. The normalized spacial score (nSPS) is 12.6. The van der Waals surface area contributed by atoms with Crippen LogP contribution in [0.15, 0.2) is 12.1 Å². The van der Waals surface area contributed by atoms with Crippen LogP contribution in [0.25, 0.3) is 0 Å². The third-order valence-electron chi connectivity index (χ3n) is 2.62. The lowest BCUT2D eigenvalue weighted by atomic mass is 10.0. The monoisotopic (exact) mass is 224 g/mol. The maximum Gasteiger partial charge on any atom is 0.122 e. The van der Waals surface area contributed by atoms with Crippen molar-refractivity contribution in [1.82, 2.24) is 0 Å². The standard InChI is InChI=1S/C13H20O3/c1-5-16-8-12(14)11-6-10(3)13(15-4)7-9(11)2/h6-7,12,14H,5,8H2,1-4H3. The summed E-state index contributed by atoms with van der Waals surface area (Å²) in [6, 6.07) is 3.90. The number of benzene rings is 1. The average Bonchev–Trinajstić information content (AvgIpc) is 2.28. The Morgan fingerprint density at radius 1 is 1.25 bits per heavy atom. The van der Waals surface area contributed by atoms with Crippen LogP contribution in [0.4, 0.5) is 0 Å². The maximum absolute atomic E-state index is 9.95. The molecule has 1 unspecified atom stereocenters. The van der Waals surface area contributed by atoms with Crippen LogP contribution < -0.4 is 4.74 Å². The third-order valence-corrected chi connectivity index (χ3v) is 2.62. The number of methoxy groups -OCH3 is 1. The van der Waals surface area contributed by atoms with E-state index in [4.69, 9.17) is 9.47 Å². The molecule has 1 rings (SSSR count). The Hall–Kier alpha value is -1.06. The van der Waals surface area contributed by atoms with Gasteiger partial charge in [-0.05, 0) is 49.6 Å². The molecule has 3 heteroatoms. The van der Waals surface area contributed by atoms with Gasteiger partial charge in [0, 0.05) is 6.61 Å².